The highest BCUT2D eigenvalue weighted by Gasteiger charge is 2.27. The van der Waals surface area contributed by atoms with Crippen LogP contribution in [0.25, 0.3) is 10.9 Å². The zero-order valence-electron chi connectivity index (χ0n) is 23.7. The van der Waals surface area contributed by atoms with E-state index in [-0.39, 0.29) is 23.5 Å². The van der Waals surface area contributed by atoms with Crippen LogP contribution in [0.2, 0.25) is 0 Å². The Morgan fingerprint density at radius 3 is 2.59 bits per heavy atom. The number of rotatable bonds is 10. The van der Waals surface area contributed by atoms with Gasteiger partial charge in [-0.05, 0) is 70.2 Å². The van der Waals surface area contributed by atoms with Gasteiger partial charge in [0.25, 0.3) is 5.91 Å². The molecule has 0 saturated heterocycles. The van der Waals surface area contributed by atoms with E-state index in [0.717, 1.165) is 58.2 Å². The van der Waals surface area contributed by atoms with Crippen LogP contribution in [0.5, 0.6) is 0 Å². The van der Waals surface area contributed by atoms with Gasteiger partial charge in [-0.25, -0.2) is 4.79 Å². The van der Waals surface area contributed by atoms with Crippen molar-refractivity contribution < 1.29 is 19.1 Å². The highest BCUT2D eigenvalue weighted by atomic mass is 32.2. The molecule has 0 fully saturated rings. The third kappa shape index (κ3) is 6.68. The van der Waals surface area contributed by atoms with Gasteiger partial charge in [-0.1, -0.05) is 35.4 Å². The number of nitrogens with one attached hydrogen (secondary N) is 2. The van der Waals surface area contributed by atoms with Crippen molar-refractivity contribution in [3.63, 3.8) is 0 Å². The monoisotopic (exact) mass is 589 g/mol. The minimum Gasteiger partial charge on any atom is -0.462 e. The maximum absolute atomic E-state index is 13.1. The number of hydrogen-bond donors (Lipinski definition) is 2. The van der Waals surface area contributed by atoms with Crippen molar-refractivity contribution in [2.24, 2.45) is 0 Å². The van der Waals surface area contributed by atoms with E-state index in [1.54, 1.807) is 6.92 Å². The van der Waals surface area contributed by atoms with E-state index in [1.807, 2.05) is 56.4 Å². The normalized spacial score (nSPS) is 12.7. The van der Waals surface area contributed by atoms with Crippen molar-refractivity contribution in [2.75, 3.05) is 24.2 Å². The van der Waals surface area contributed by atoms with Crippen molar-refractivity contribution in [1.29, 1.82) is 0 Å². The maximum Gasteiger partial charge on any atom is 0.341 e. The van der Waals surface area contributed by atoms with Gasteiger partial charge in [-0.2, -0.15) is 0 Å². The second-order valence-corrected chi connectivity index (χ2v) is 12.4. The average Bonchev–Trinajstić information content (AvgIpc) is 3.49. The van der Waals surface area contributed by atoms with Crippen LogP contribution in [-0.4, -0.2) is 41.3 Å². The summed E-state index contributed by atoms with van der Waals surface area (Å²) in [7, 11) is 0. The Balaban J connectivity index is 1.24. The summed E-state index contributed by atoms with van der Waals surface area (Å²) in [5, 5.41) is 7.70. The molecule has 1 aliphatic rings. The van der Waals surface area contributed by atoms with Crippen LogP contribution in [0.15, 0.2) is 53.6 Å². The summed E-state index contributed by atoms with van der Waals surface area (Å²) in [6.45, 7) is 7.15. The van der Waals surface area contributed by atoms with Crippen molar-refractivity contribution in [1.82, 2.24) is 9.88 Å². The topological polar surface area (TPSA) is 89.4 Å². The molecule has 0 unspecified atom stereocenters. The largest absolute Gasteiger partial charge is 0.462 e. The van der Waals surface area contributed by atoms with Gasteiger partial charge >= 0.3 is 5.97 Å². The van der Waals surface area contributed by atoms with Gasteiger partial charge in [0.05, 0.1) is 17.9 Å². The Morgan fingerprint density at radius 1 is 1.05 bits per heavy atom. The molecule has 0 atom stereocenters. The average molecular weight is 590 g/mol. The standard InChI is InChI=1S/C32H35N3O4S2/c1-4-39-32(38)29-24-10-6-8-12-26(24)41-31(29)34-28(36)19-40-27-18-35(25-11-7-5-9-23(25)27)14-13-33-30(37)22-16-20(2)15-21(3)17-22/h5,7,9,11,15-18H,4,6,8,10,12-14,19H2,1-3H3,(H,33,37)(H,34,36). The number of thiophene rings is 1. The lowest BCUT2D eigenvalue weighted by molar-refractivity contribution is -0.113. The molecular formula is C32H35N3O4S2. The van der Waals surface area contributed by atoms with Crippen LogP contribution in [0.3, 0.4) is 0 Å². The fourth-order valence-corrected chi connectivity index (χ4v) is 7.57. The van der Waals surface area contributed by atoms with Crippen LogP contribution in [0.4, 0.5) is 5.00 Å². The van der Waals surface area contributed by atoms with Gasteiger partial charge in [0.1, 0.15) is 5.00 Å². The van der Waals surface area contributed by atoms with E-state index in [1.165, 1.54) is 28.0 Å². The molecule has 0 bridgehead atoms. The SMILES string of the molecule is CCOC(=O)c1c(NC(=O)CSc2cn(CCNC(=O)c3cc(C)cc(C)c3)c3ccccc23)sc2c1CCCC2. The molecule has 0 spiro atoms. The van der Waals surface area contributed by atoms with E-state index in [4.69, 9.17) is 4.74 Å². The molecule has 2 heterocycles. The predicted molar refractivity (Wildman–Crippen MR) is 166 cm³/mol. The Labute approximate surface area is 248 Å². The van der Waals surface area contributed by atoms with Crippen molar-refractivity contribution in [2.45, 2.75) is 57.9 Å². The number of aromatic nitrogens is 1. The fraction of sp³-hybridized carbons (Fsp3) is 0.344. The van der Waals surface area contributed by atoms with E-state index in [0.29, 0.717) is 35.8 Å². The molecule has 0 aliphatic heterocycles. The number of para-hydroxylation sites is 1. The summed E-state index contributed by atoms with van der Waals surface area (Å²) in [6, 6.07) is 13.9. The molecule has 9 heteroatoms. The molecular weight excluding hydrogens is 555 g/mol. The van der Waals surface area contributed by atoms with Gasteiger partial charge in [-0.15, -0.1) is 23.1 Å². The molecule has 41 heavy (non-hydrogen) atoms. The van der Waals surface area contributed by atoms with E-state index in [9.17, 15) is 14.4 Å². The summed E-state index contributed by atoms with van der Waals surface area (Å²) >= 11 is 2.97. The van der Waals surface area contributed by atoms with Crippen molar-refractivity contribution >= 4 is 56.8 Å². The van der Waals surface area contributed by atoms with E-state index < -0.39 is 0 Å². The predicted octanol–water partition coefficient (Wildman–Crippen LogP) is 6.54. The second-order valence-electron chi connectivity index (χ2n) is 10.3. The number of thioether (sulfide) groups is 1. The quantitative estimate of drug-likeness (QED) is 0.162. The summed E-state index contributed by atoms with van der Waals surface area (Å²) in [5.74, 6) is -0.390. The summed E-state index contributed by atoms with van der Waals surface area (Å²) in [5.41, 5.74) is 5.41. The number of nitrogens with zero attached hydrogens (tertiary/aromatic N) is 1. The van der Waals surface area contributed by atoms with Crippen LogP contribution in [0, 0.1) is 13.8 Å². The molecule has 1 aliphatic carbocycles. The Kier molecular flexibility index (Phi) is 9.15. The van der Waals surface area contributed by atoms with Crippen LogP contribution in [0.1, 0.15) is 62.0 Å². The van der Waals surface area contributed by atoms with Gasteiger partial charge < -0.3 is 19.9 Å². The zero-order valence-corrected chi connectivity index (χ0v) is 25.3. The van der Waals surface area contributed by atoms with Gasteiger partial charge in [0.2, 0.25) is 5.91 Å². The number of esters is 1. The first-order valence-electron chi connectivity index (χ1n) is 14.0. The smallest absolute Gasteiger partial charge is 0.341 e. The number of carbonyl (C=O) groups is 3. The van der Waals surface area contributed by atoms with Gasteiger partial charge in [0, 0.05) is 45.5 Å². The molecule has 2 amide bonds. The third-order valence-electron chi connectivity index (χ3n) is 7.14. The Bertz CT molecular complexity index is 1580. The number of fused-ring (bicyclic) bond motifs is 2. The molecule has 7 nitrogen and oxygen atoms in total. The van der Waals surface area contributed by atoms with Crippen molar-refractivity contribution in [3.05, 3.63) is 81.4 Å². The summed E-state index contributed by atoms with van der Waals surface area (Å²) in [4.78, 5) is 40.7. The molecule has 2 aromatic carbocycles. The first-order valence-corrected chi connectivity index (χ1v) is 15.8. The minimum absolute atomic E-state index is 0.0861. The minimum atomic E-state index is -0.359. The Hall–Kier alpha value is -3.56. The lowest BCUT2D eigenvalue weighted by Gasteiger charge is -2.12. The van der Waals surface area contributed by atoms with E-state index >= 15 is 0 Å². The number of hydrogen-bond acceptors (Lipinski definition) is 6. The number of anilines is 1. The molecule has 2 aromatic heterocycles. The molecule has 0 saturated carbocycles. The first-order chi connectivity index (χ1) is 19.8. The maximum atomic E-state index is 13.1. The number of benzene rings is 2. The lowest BCUT2D eigenvalue weighted by Crippen LogP contribution is -2.27. The zero-order chi connectivity index (χ0) is 28.9. The number of aryl methyl sites for hydroxylation is 3. The Morgan fingerprint density at radius 2 is 1.80 bits per heavy atom. The van der Waals surface area contributed by atoms with Crippen LogP contribution < -0.4 is 10.6 Å². The molecule has 214 valence electrons. The highest BCUT2D eigenvalue weighted by molar-refractivity contribution is 8.00. The second kappa shape index (κ2) is 13.0. The number of amides is 2. The summed E-state index contributed by atoms with van der Waals surface area (Å²) < 4.78 is 7.43. The third-order valence-corrected chi connectivity index (χ3v) is 9.39. The molecule has 4 aromatic rings. The van der Waals surface area contributed by atoms with E-state index in [2.05, 4.69) is 21.3 Å². The highest BCUT2D eigenvalue weighted by Crippen LogP contribution is 2.39. The number of ether oxygens (including phenoxy) is 1. The first kappa shape index (κ1) is 29.0. The molecule has 0 radical (unpaired) electrons. The number of carbonyl (C=O) groups excluding carboxylic acids is 3. The molecule has 2 N–H and O–H groups in total. The summed E-state index contributed by atoms with van der Waals surface area (Å²) in [6.07, 6.45) is 5.95. The van der Waals surface area contributed by atoms with Gasteiger partial charge in [-0.3, -0.25) is 9.59 Å². The van der Waals surface area contributed by atoms with Crippen molar-refractivity contribution in [3.8, 4) is 0 Å². The van der Waals surface area contributed by atoms with Crippen LogP contribution >= 0.6 is 23.1 Å². The molecule has 5 rings (SSSR count). The fourth-order valence-electron chi connectivity index (χ4n) is 5.39. The lowest BCUT2D eigenvalue weighted by atomic mass is 9.95. The van der Waals surface area contributed by atoms with Crippen LogP contribution in [-0.2, 0) is 28.9 Å². The van der Waals surface area contributed by atoms with Gasteiger partial charge in [0.15, 0.2) is 0 Å².